The number of fused-ring (bicyclic) bond motifs is 1. The van der Waals surface area contributed by atoms with Gasteiger partial charge in [0.25, 0.3) is 11.8 Å². The normalized spacial score (nSPS) is 13.0. The van der Waals surface area contributed by atoms with Crippen LogP contribution in [0.1, 0.15) is 35.3 Å². The minimum atomic E-state index is -0.537. The molecule has 5 rings (SSSR count). The van der Waals surface area contributed by atoms with Crippen LogP contribution in [0.15, 0.2) is 108 Å². The van der Waals surface area contributed by atoms with E-state index in [1.807, 2.05) is 38.1 Å². The third kappa shape index (κ3) is 6.62. The predicted octanol–water partition coefficient (Wildman–Crippen LogP) is 6.16. The van der Waals surface area contributed by atoms with E-state index in [0.717, 1.165) is 0 Å². The molecule has 1 aliphatic rings. The fourth-order valence-corrected chi connectivity index (χ4v) is 4.50. The van der Waals surface area contributed by atoms with Crippen LogP contribution in [0.5, 0.6) is 11.5 Å². The zero-order valence-corrected chi connectivity index (χ0v) is 23.7. The SMILES string of the molecule is CCOc1cc(NC(=O)c2ccccc2)c(OCC)cc1NN=C1C(=O)C(C(=O)Nc2ccccc2)=Cc2ccccc21. The number of hydrogen-bond donors (Lipinski definition) is 3. The van der Waals surface area contributed by atoms with Crippen LogP contribution in [0.4, 0.5) is 17.1 Å². The van der Waals surface area contributed by atoms with Crippen molar-refractivity contribution in [1.29, 1.82) is 0 Å². The van der Waals surface area contributed by atoms with Gasteiger partial charge in [-0.05, 0) is 49.8 Å². The Morgan fingerprint density at radius 3 is 2.02 bits per heavy atom. The summed E-state index contributed by atoms with van der Waals surface area (Å²) in [4.78, 5) is 39.7. The number of rotatable bonds is 10. The van der Waals surface area contributed by atoms with Gasteiger partial charge in [-0.3, -0.25) is 19.8 Å². The van der Waals surface area contributed by atoms with Gasteiger partial charge in [-0.15, -0.1) is 0 Å². The van der Waals surface area contributed by atoms with Gasteiger partial charge in [0, 0.05) is 28.9 Å². The lowest BCUT2D eigenvalue weighted by Gasteiger charge is -2.19. The third-order valence-electron chi connectivity index (χ3n) is 6.51. The van der Waals surface area contributed by atoms with Crippen molar-refractivity contribution in [2.45, 2.75) is 13.8 Å². The average Bonchev–Trinajstić information content (AvgIpc) is 3.03. The van der Waals surface area contributed by atoms with Gasteiger partial charge >= 0.3 is 0 Å². The van der Waals surface area contributed by atoms with E-state index in [1.165, 1.54) is 0 Å². The minimum Gasteiger partial charge on any atom is -0.492 e. The highest BCUT2D eigenvalue weighted by Gasteiger charge is 2.30. The molecule has 0 aliphatic heterocycles. The second-order valence-corrected chi connectivity index (χ2v) is 9.40. The van der Waals surface area contributed by atoms with Gasteiger partial charge in [0.2, 0.25) is 5.78 Å². The number of nitrogens with zero attached hydrogens (tertiary/aromatic N) is 1. The van der Waals surface area contributed by atoms with Crippen LogP contribution >= 0.6 is 0 Å². The molecule has 2 amide bonds. The number of benzene rings is 4. The number of anilines is 3. The molecule has 4 aromatic carbocycles. The maximum atomic E-state index is 13.6. The number of Topliss-reactive ketones (excluding diaryl/α,β-unsaturated/α-hetero) is 1. The first kappa shape index (κ1) is 28.8. The number of carbonyl (C=O) groups excluding carboxylic acids is 3. The number of ketones is 1. The number of nitrogens with one attached hydrogen (secondary N) is 3. The molecule has 216 valence electrons. The predicted molar refractivity (Wildman–Crippen MR) is 168 cm³/mol. The number of para-hydroxylation sites is 1. The van der Waals surface area contributed by atoms with Gasteiger partial charge in [-0.2, -0.15) is 5.10 Å². The summed E-state index contributed by atoms with van der Waals surface area (Å²) in [5.74, 6) is -0.605. The molecule has 9 nitrogen and oxygen atoms in total. The van der Waals surface area contributed by atoms with Gasteiger partial charge in [0.1, 0.15) is 22.9 Å². The Bertz CT molecular complexity index is 1720. The van der Waals surface area contributed by atoms with E-state index in [9.17, 15) is 14.4 Å². The summed E-state index contributed by atoms with van der Waals surface area (Å²) in [5, 5.41) is 10.1. The van der Waals surface area contributed by atoms with E-state index >= 15 is 0 Å². The Kier molecular flexibility index (Phi) is 8.92. The first-order chi connectivity index (χ1) is 21.0. The van der Waals surface area contributed by atoms with Crippen molar-refractivity contribution in [3.8, 4) is 11.5 Å². The molecule has 0 aromatic heterocycles. The maximum Gasteiger partial charge on any atom is 0.259 e. The lowest BCUT2D eigenvalue weighted by atomic mass is 9.89. The van der Waals surface area contributed by atoms with Crippen LogP contribution in [-0.2, 0) is 9.59 Å². The largest absolute Gasteiger partial charge is 0.492 e. The Morgan fingerprint density at radius 1 is 0.721 bits per heavy atom. The van der Waals surface area contributed by atoms with Crippen molar-refractivity contribution in [2.75, 3.05) is 29.3 Å². The summed E-state index contributed by atoms with van der Waals surface area (Å²) in [7, 11) is 0. The number of amides is 2. The molecule has 0 saturated carbocycles. The van der Waals surface area contributed by atoms with E-state index in [0.29, 0.717) is 58.5 Å². The number of carbonyl (C=O) groups is 3. The van der Waals surface area contributed by atoms with Crippen LogP contribution < -0.4 is 25.5 Å². The highest BCUT2D eigenvalue weighted by molar-refractivity contribution is 6.59. The van der Waals surface area contributed by atoms with Crippen molar-refractivity contribution in [3.63, 3.8) is 0 Å². The quantitative estimate of drug-likeness (QED) is 0.154. The first-order valence-corrected chi connectivity index (χ1v) is 13.8. The number of hydrogen-bond acceptors (Lipinski definition) is 7. The highest BCUT2D eigenvalue weighted by Crippen LogP contribution is 2.37. The van der Waals surface area contributed by atoms with E-state index in [1.54, 1.807) is 78.9 Å². The Morgan fingerprint density at radius 2 is 1.33 bits per heavy atom. The van der Waals surface area contributed by atoms with E-state index in [2.05, 4.69) is 21.2 Å². The summed E-state index contributed by atoms with van der Waals surface area (Å²) < 4.78 is 11.7. The molecule has 0 bridgehead atoms. The fraction of sp³-hybridized carbons (Fsp3) is 0.118. The lowest BCUT2D eigenvalue weighted by Crippen LogP contribution is -2.30. The molecule has 0 unspecified atom stereocenters. The fourth-order valence-electron chi connectivity index (χ4n) is 4.50. The Balaban J connectivity index is 1.48. The molecule has 43 heavy (non-hydrogen) atoms. The highest BCUT2D eigenvalue weighted by atomic mass is 16.5. The molecule has 0 atom stereocenters. The molecule has 1 aliphatic carbocycles. The number of ether oxygens (including phenoxy) is 2. The summed E-state index contributed by atoms with van der Waals surface area (Å²) in [6, 6.07) is 28.3. The molecule has 0 saturated heterocycles. The monoisotopic (exact) mass is 574 g/mol. The zero-order valence-electron chi connectivity index (χ0n) is 23.7. The van der Waals surface area contributed by atoms with Crippen molar-refractivity contribution in [3.05, 3.63) is 119 Å². The van der Waals surface area contributed by atoms with Gasteiger partial charge in [-0.1, -0.05) is 60.7 Å². The average molecular weight is 575 g/mol. The third-order valence-corrected chi connectivity index (χ3v) is 6.51. The van der Waals surface area contributed by atoms with Crippen molar-refractivity contribution in [1.82, 2.24) is 0 Å². The summed E-state index contributed by atoms with van der Waals surface area (Å²) in [5.41, 5.74) is 6.12. The molecule has 0 heterocycles. The van der Waals surface area contributed by atoms with E-state index < -0.39 is 11.7 Å². The van der Waals surface area contributed by atoms with Crippen LogP contribution in [-0.4, -0.2) is 36.5 Å². The van der Waals surface area contributed by atoms with Gasteiger partial charge < -0.3 is 20.1 Å². The summed E-state index contributed by atoms with van der Waals surface area (Å²) in [6.07, 6.45) is 1.57. The Hall–Kier alpha value is -5.70. The minimum absolute atomic E-state index is 0.0397. The standard InChI is InChI=1S/C34H30N4O5/c1-3-42-29-21-28(30(43-4-2)20-27(29)36-33(40)22-13-7-5-8-14-22)37-38-31-25-18-12-11-15-23(25)19-26(32(31)39)34(41)35-24-16-9-6-10-17-24/h5-21,37H,3-4H2,1-2H3,(H,35,41)(H,36,40). The molecule has 3 N–H and O–H groups in total. The van der Waals surface area contributed by atoms with Gasteiger partial charge in [0.15, 0.2) is 0 Å². The van der Waals surface area contributed by atoms with Gasteiger partial charge in [-0.25, -0.2) is 0 Å². The molecule has 0 fully saturated rings. The molecular weight excluding hydrogens is 544 g/mol. The van der Waals surface area contributed by atoms with Gasteiger partial charge in [0.05, 0.1) is 24.5 Å². The van der Waals surface area contributed by atoms with Crippen molar-refractivity contribution < 1.29 is 23.9 Å². The lowest BCUT2D eigenvalue weighted by molar-refractivity contribution is -0.116. The smallest absolute Gasteiger partial charge is 0.259 e. The molecular formula is C34H30N4O5. The van der Waals surface area contributed by atoms with Crippen LogP contribution in [0.2, 0.25) is 0 Å². The molecule has 0 radical (unpaired) electrons. The maximum absolute atomic E-state index is 13.6. The molecule has 9 heteroatoms. The second kappa shape index (κ2) is 13.3. The van der Waals surface area contributed by atoms with E-state index in [-0.39, 0.29) is 17.2 Å². The zero-order chi connectivity index (χ0) is 30.2. The number of hydrazone groups is 1. The van der Waals surface area contributed by atoms with Crippen LogP contribution in [0.3, 0.4) is 0 Å². The van der Waals surface area contributed by atoms with E-state index in [4.69, 9.17) is 9.47 Å². The first-order valence-electron chi connectivity index (χ1n) is 13.8. The summed E-state index contributed by atoms with van der Waals surface area (Å²) >= 11 is 0. The second-order valence-electron chi connectivity index (χ2n) is 9.40. The topological polar surface area (TPSA) is 118 Å². The van der Waals surface area contributed by atoms with Crippen molar-refractivity contribution in [2.24, 2.45) is 5.10 Å². The van der Waals surface area contributed by atoms with Crippen LogP contribution in [0, 0.1) is 0 Å². The molecule has 0 spiro atoms. The molecule has 4 aromatic rings. The van der Waals surface area contributed by atoms with Crippen molar-refractivity contribution >= 4 is 46.4 Å². The Labute approximate surface area is 249 Å². The van der Waals surface area contributed by atoms with Crippen LogP contribution in [0.25, 0.3) is 6.08 Å². The summed E-state index contributed by atoms with van der Waals surface area (Å²) in [6.45, 7) is 4.34.